The van der Waals surface area contributed by atoms with Crippen molar-refractivity contribution >= 4 is 22.0 Å². The average molecular weight is 419 g/mol. The molecule has 0 aliphatic rings. The second-order valence-corrected chi connectivity index (χ2v) is 7.13. The van der Waals surface area contributed by atoms with Gasteiger partial charge >= 0.3 is 0 Å². The number of hydrogen-bond acceptors (Lipinski definition) is 3. The number of ether oxygens (including phenoxy) is 1. The molecule has 0 fully saturated rings. The Morgan fingerprint density at radius 1 is 0.968 bits per heavy atom. The van der Waals surface area contributed by atoms with Crippen LogP contribution in [0.25, 0.3) is 22.0 Å². The number of fused-ring (bicyclic) bond motifs is 1. The van der Waals surface area contributed by atoms with Crippen molar-refractivity contribution in [3.05, 3.63) is 95.2 Å². The van der Waals surface area contributed by atoms with Crippen LogP contribution in [0.5, 0.6) is 5.75 Å². The van der Waals surface area contributed by atoms with Gasteiger partial charge in [0.25, 0.3) is 0 Å². The number of halogens is 2. The Balaban J connectivity index is 1.94. The normalized spacial score (nSPS) is 12.1. The van der Waals surface area contributed by atoms with Crippen LogP contribution in [0.15, 0.2) is 66.7 Å². The van der Waals surface area contributed by atoms with Gasteiger partial charge in [-0.25, -0.2) is 4.39 Å². The third-order valence-electron chi connectivity index (χ3n) is 5.18. The van der Waals surface area contributed by atoms with Crippen molar-refractivity contribution in [1.82, 2.24) is 10.2 Å². The van der Waals surface area contributed by atoms with E-state index >= 15 is 0 Å². The van der Waals surface area contributed by atoms with E-state index in [1.165, 1.54) is 6.07 Å². The predicted molar refractivity (Wildman–Crippen MR) is 120 cm³/mol. The lowest BCUT2D eigenvalue weighted by atomic mass is 9.87. The molecule has 0 atom stereocenters. The zero-order chi connectivity index (χ0) is 21.8. The first-order valence-electron chi connectivity index (χ1n) is 10.2. The molecular formula is C25H23F2N3O. The molecule has 0 radical (unpaired) electrons. The Morgan fingerprint density at radius 3 is 2.42 bits per heavy atom. The first-order chi connectivity index (χ1) is 15.1. The molecule has 0 saturated heterocycles. The summed E-state index contributed by atoms with van der Waals surface area (Å²) in [6.07, 6.45) is 0.707. The Hall–Kier alpha value is -3.51. The summed E-state index contributed by atoms with van der Waals surface area (Å²) in [5.74, 6) is -0.879. The van der Waals surface area contributed by atoms with E-state index in [0.717, 1.165) is 22.3 Å². The number of nitrogens with zero attached hydrogens (tertiary/aromatic N) is 1. The van der Waals surface area contributed by atoms with E-state index in [4.69, 9.17) is 10.5 Å². The molecule has 4 rings (SSSR count). The summed E-state index contributed by atoms with van der Waals surface area (Å²) in [5, 5.41) is 6.72. The molecule has 0 spiro atoms. The van der Waals surface area contributed by atoms with E-state index in [-0.39, 0.29) is 12.4 Å². The van der Waals surface area contributed by atoms with Crippen LogP contribution in [0.1, 0.15) is 30.0 Å². The van der Waals surface area contributed by atoms with Crippen molar-refractivity contribution < 1.29 is 13.5 Å². The number of rotatable bonds is 7. The van der Waals surface area contributed by atoms with E-state index < -0.39 is 11.8 Å². The Bertz CT molecular complexity index is 1230. The maximum Gasteiger partial charge on any atom is 0.240 e. The molecule has 3 N–H and O–H groups in total. The van der Waals surface area contributed by atoms with Gasteiger partial charge in [0.05, 0.1) is 10.9 Å². The fourth-order valence-corrected chi connectivity index (χ4v) is 3.76. The zero-order valence-corrected chi connectivity index (χ0v) is 17.2. The van der Waals surface area contributed by atoms with Gasteiger partial charge in [-0.2, -0.15) is 4.39 Å². The molecule has 4 nitrogen and oxygen atoms in total. The summed E-state index contributed by atoms with van der Waals surface area (Å²) in [6, 6.07) is 20.2. The van der Waals surface area contributed by atoms with Crippen LogP contribution in [0.3, 0.4) is 0 Å². The van der Waals surface area contributed by atoms with Crippen molar-refractivity contribution in [3.8, 4) is 5.75 Å². The molecular weight excluding hydrogens is 396 g/mol. The molecule has 0 aliphatic heterocycles. The molecule has 0 bridgehead atoms. The first kappa shape index (κ1) is 20.8. The molecule has 0 aliphatic carbocycles. The Morgan fingerprint density at radius 2 is 1.71 bits per heavy atom. The van der Waals surface area contributed by atoms with E-state index in [9.17, 15) is 8.78 Å². The second-order valence-electron chi connectivity index (χ2n) is 7.13. The molecule has 6 heteroatoms. The van der Waals surface area contributed by atoms with Gasteiger partial charge in [0.15, 0.2) is 11.6 Å². The van der Waals surface area contributed by atoms with Gasteiger partial charge in [0.2, 0.25) is 5.95 Å². The van der Waals surface area contributed by atoms with Gasteiger partial charge in [0, 0.05) is 6.54 Å². The minimum atomic E-state index is -0.564. The monoisotopic (exact) mass is 419 g/mol. The molecule has 3 aromatic carbocycles. The van der Waals surface area contributed by atoms with Crippen LogP contribution in [0, 0.1) is 11.8 Å². The molecule has 0 unspecified atom stereocenters. The number of allylic oxidation sites excluding steroid dienone is 1. The molecule has 0 amide bonds. The van der Waals surface area contributed by atoms with Crippen LogP contribution in [-0.2, 0) is 0 Å². The smallest absolute Gasteiger partial charge is 0.240 e. The van der Waals surface area contributed by atoms with E-state index in [1.807, 2.05) is 49.4 Å². The van der Waals surface area contributed by atoms with E-state index in [1.54, 1.807) is 18.2 Å². The Kier molecular flexibility index (Phi) is 6.09. The quantitative estimate of drug-likeness (QED) is 0.386. The standard InChI is InChI=1S/C25H23F2N3O/c1-2-19(16-6-4-3-5-7-16)24(17-8-10-22-20(14-17)25(27)30-29-22)18-9-11-23(21(26)15-18)31-13-12-28/h3-11,14-15H,2,12-13,28H2,1H3,(H,29,30)/b24-19-. The van der Waals surface area contributed by atoms with Gasteiger partial charge in [-0.15, -0.1) is 5.10 Å². The highest BCUT2D eigenvalue weighted by molar-refractivity contribution is 6.00. The SMILES string of the molecule is CC/C(=C(/c1ccc(OCCN)c(F)c1)c1ccc2[nH]nc(F)c2c1)c1ccccc1. The molecule has 0 saturated carbocycles. The summed E-state index contributed by atoms with van der Waals surface area (Å²) in [5.41, 5.74) is 10.4. The van der Waals surface area contributed by atoms with Crippen LogP contribution in [0.2, 0.25) is 0 Å². The third kappa shape index (κ3) is 4.20. The zero-order valence-electron chi connectivity index (χ0n) is 17.2. The predicted octanol–water partition coefficient (Wildman–Crippen LogP) is 5.55. The largest absolute Gasteiger partial charge is 0.489 e. The van der Waals surface area contributed by atoms with Crippen molar-refractivity contribution in [2.24, 2.45) is 5.73 Å². The number of nitrogens with one attached hydrogen (secondary N) is 1. The minimum Gasteiger partial charge on any atom is -0.489 e. The van der Waals surface area contributed by atoms with Crippen molar-refractivity contribution in [2.45, 2.75) is 13.3 Å². The summed E-state index contributed by atoms with van der Waals surface area (Å²) < 4.78 is 34.4. The van der Waals surface area contributed by atoms with Crippen molar-refractivity contribution in [3.63, 3.8) is 0 Å². The van der Waals surface area contributed by atoms with Crippen LogP contribution in [0.4, 0.5) is 8.78 Å². The molecule has 158 valence electrons. The Labute approximate surface area is 179 Å². The van der Waals surface area contributed by atoms with Gasteiger partial charge in [0.1, 0.15) is 6.61 Å². The summed E-state index contributed by atoms with van der Waals surface area (Å²) in [7, 11) is 0. The lowest BCUT2D eigenvalue weighted by Gasteiger charge is -2.17. The van der Waals surface area contributed by atoms with Crippen LogP contribution in [-0.4, -0.2) is 23.3 Å². The highest BCUT2D eigenvalue weighted by atomic mass is 19.1. The average Bonchev–Trinajstić information content (AvgIpc) is 3.17. The van der Waals surface area contributed by atoms with E-state index in [2.05, 4.69) is 10.2 Å². The van der Waals surface area contributed by atoms with Crippen molar-refractivity contribution in [2.75, 3.05) is 13.2 Å². The second kappa shape index (κ2) is 9.10. The maximum absolute atomic E-state index is 14.8. The number of nitrogens with two attached hydrogens (primary N) is 1. The van der Waals surface area contributed by atoms with Gasteiger partial charge in [-0.3, -0.25) is 5.10 Å². The van der Waals surface area contributed by atoms with E-state index in [0.29, 0.717) is 29.4 Å². The number of hydrogen-bond donors (Lipinski definition) is 2. The van der Waals surface area contributed by atoms with Gasteiger partial charge < -0.3 is 10.5 Å². The fourth-order valence-electron chi connectivity index (χ4n) is 3.76. The summed E-state index contributed by atoms with van der Waals surface area (Å²) in [4.78, 5) is 0. The topological polar surface area (TPSA) is 63.9 Å². The lowest BCUT2D eigenvalue weighted by Crippen LogP contribution is -2.11. The number of H-pyrrole nitrogens is 1. The van der Waals surface area contributed by atoms with Crippen LogP contribution >= 0.6 is 0 Å². The minimum absolute atomic E-state index is 0.155. The maximum atomic E-state index is 14.8. The summed E-state index contributed by atoms with van der Waals surface area (Å²) >= 11 is 0. The number of aromatic amines is 1. The van der Waals surface area contributed by atoms with Crippen LogP contribution < -0.4 is 10.5 Å². The molecule has 4 aromatic rings. The molecule has 1 aromatic heterocycles. The van der Waals surface area contributed by atoms with Gasteiger partial charge in [-0.05, 0) is 58.5 Å². The van der Waals surface area contributed by atoms with Gasteiger partial charge in [-0.1, -0.05) is 49.4 Å². The highest BCUT2D eigenvalue weighted by Crippen LogP contribution is 2.37. The summed E-state index contributed by atoms with van der Waals surface area (Å²) in [6.45, 7) is 2.59. The highest BCUT2D eigenvalue weighted by Gasteiger charge is 2.17. The third-order valence-corrected chi connectivity index (χ3v) is 5.18. The molecule has 1 heterocycles. The number of aromatic nitrogens is 2. The first-order valence-corrected chi connectivity index (χ1v) is 10.2. The van der Waals surface area contributed by atoms with Crippen molar-refractivity contribution in [1.29, 1.82) is 0 Å². The fraction of sp³-hybridized carbons (Fsp3) is 0.160. The lowest BCUT2D eigenvalue weighted by molar-refractivity contribution is 0.311. The molecule has 31 heavy (non-hydrogen) atoms. The number of benzene rings is 3.